The lowest BCUT2D eigenvalue weighted by Crippen LogP contribution is -2.48. The van der Waals surface area contributed by atoms with Crippen LogP contribution < -0.4 is 11.1 Å². The van der Waals surface area contributed by atoms with Crippen molar-refractivity contribution in [2.24, 2.45) is 5.73 Å². The SMILES string of the molecule is Cl.NC1CCN(C(=O)C(NC(=O)c2ccccc2)c2ccccc2)CC1. The second-order valence-corrected chi connectivity index (χ2v) is 6.35. The zero-order valence-corrected chi connectivity index (χ0v) is 15.3. The summed E-state index contributed by atoms with van der Waals surface area (Å²) in [7, 11) is 0. The van der Waals surface area contributed by atoms with Crippen molar-refractivity contribution in [2.75, 3.05) is 13.1 Å². The number of carbonyl (C=O) groups excluding carboxylic acids is 2. The third-order valence-corrected chi connectivity index (χ3v) is 4.54. The maximum atomic E-state index is 13.0. The highest BCUT2D eigenvalue weighted by molar-refractivity contribution is 5.97. The molecule has 3 N–H and O–H groups in total. The number of nitrogens with one attached hydrogen (secondary N) is 1. The highest BCUT2D eigenvalue weighted by Gasteiger charge is 2.29. The van der Waals surface area contributed by atoms with Crippen LogP contribution in [0.1, 0.15) is 34.8 Å². The molecule has 5 nitrogen and oxygen atoms in total. The summed E-state index contributed by atoms with van der Waals surface area (Å²) in [5, 5.41) is 2.90. The number of piperidine rings is 1. The Labute approximate surface area is 160 Å². The molecule has 0 radical (unpaired) electrons. The molecular formula is C20H24ClN3O2. The Hall–Kier alpha value is -2.37. The van der Waals surface area contributed by atoms with Crippen LogP contribution in [0.15, 0.2) is 60.7 Å². The van der Waals surface area contributed by atoms with Gasteiger partial charge in [-0.25, -0.2) is 0 Å². The van der Waals surface area contributed by atoms with Crippen molar-refractivity contribution < 1.29 is 9.59 Å². The van der Waals surface area contributed by atoms with Gasteiger partial charge in [0.25, 0.3) is 5.91 Å². The fourth-order valence-corrected chi connectivity index (χ4v) is 3.04. The first-order valence-corrected chi connectivity index (χ1v) is 8.60. The van der Waals surface area contributed by atoms with E-state index in [4.69, 9.17) is 5.73 Å². The average Bonchev–Trinajstić information content (AvgIpc) is 2.67. The van der Waals surface area contributed by atoms with E-state index in [1.54, 1.807) is 29.2 Å². The molecule has 0 saturated carbocycles. The van der Waals surface area contributed by atoms with Crippen molar-refractivity contribution in [1.29, 1.82) is 0 Å². The van der Waals surface area contributed by atoms with Gasteiger partial charge in [0.15, 0.2) is 0 Å². The van der Waals surface area contributed by atoms with E-state index >= 15 is 0 Å². The van der Waals surface area contributed by atoms with E-state index in [9.17, 15) is 9.59 Å². The number of nitrogens with zero attached hydrogens (tertiary/aromatic N) is 1. The molecule has 0 aliphatic carbocycles. The van der Waals surface area contributed by atoms with Crippen molar-refractivity contribution in [1.82, 2.24) is 10.2 Å². The van der Waals surface area contributed by atoms with Gasteiger partial charge in [0.05, 0.1) is 0 Å². The fourth-order valence-electron chi connectivity index (χ4n) is 3.04. The fraction of sp³-hybridized carbons (Fsp3) is 0.300. The molecule has 1 heterocycles. The van der Waals surface area contributed by atoms with Gasteiger partial charge < -0.3 is 16.0 Å². The maximum Gasteiger partial charge on any atom is 0.252 e. The summed E-state index contributed by atoms with van der Waals surface area (Å²) >= 11 is 0. The number of halogens is 1. The molecule has 26 heavy (non-hydrogen) atoms. The smallest absolute Gasteiger partial charge is 0.252 e. The number of amides is 2. The molecule has 1 aliphatic rings. The predicted molar refractivity (Wildman–Crippen MR) is 104 cm³/mol. The molecule has 0 bridgehead atoms. The van der Waals surface area contributed by atoms with E-state index in [1.165, 1.54) is 0 Å². The normalized spacial score (nSPS) is 15.7. The van der Waals surface area contributed by atoms with Crippen molar-refractivity contribution >= 4 is 24.2 Å². The quantitative estimate of drug-likeness (QED) is 0.864. The van der Waals surface area contributed by atoms with Gasteiger partial charge >= 0.3 is 0 Å². The second-order valence-electron chi connectivity index (χ2n) is 6.35. The number of benzene rings is 2. The molecule has 1 unspecified atom stereocenters. The first-order chi connectivity index (χ1) is 12.1. The molecular weight excluding hydrogens is 350 g/mol. The van der Waals surface area contributed by atoms with Gasteiger partial charge in [-0.2, -0.15) is 0 Å². The highest BCUT2D eigenvalue weighted by Crippen LogP contribution is 2.19. The van der Waals surface area contributed by atoms with Gasteiger partial charge in [0, 0.05) is 24.7 Å². The molecule has 1 aliphatic heterocycles. The summed E-state index contributed by atoms with van der Waals surface area (Å²) in [6, 6.07) is 17.8. The third-order valence-electron chi connectivity index (χ3n) is 4.54. The van der Waals surface area contributed by atoms with Crippen molar-refractivity contribution in [3.63, 3.8) is 0 Å². The van der Waals surface area contributed by atoms with Gasteiger partial charge in [-0.1, -0.05) is 48.5 Å². The molecule has 1 fully saturated rings. The van der Waals surface area contributed by atoms with Crippen LogP contribution in [0.4, 0.5) is 0 Å². The molecule has 2 aromatic rings. The molecule has 138 valence electrons. The number of likely N-dealkylation sites (tertiary alicyclic amines) is 1. The minimum Gasteiger partial charge on any atom is -0.340 e. The molecule has 3 rings (SSSR count). The van der Waals surface area contributed by atoms with E-state index in [0.717, 1.165) is 18.4 Å². The summed E-state index contributed by atoms with van der Waals surface area (Å²) in [6.07, 6.45) is 1.58. The zero-order valence-electron chi connectivity index (χ0n) is 14.5. The number of hydrogen-bond donors (Lipinski definition) is 2. The van der Waals surface area contributed by atoms with E-state index in [0.29, 0.717) is 18.7 Å². The first-order valence-electron chi connectivity index (χ1n) is 8.60. The van der Waals surface area contributed by atoms with Crippen LogP contribution in [0.5, 0.6) is 0 Å². The lowest BCUT2D eigenvalue weighted by Gasteiger charge is -2.33. The lowest BCUT2D eigenvalue weighted by molar-refractivity contribution is -0.134. The summed E-state index contributed by atoms with van der Waals surface area (Å²) in [5.74, 6) is -0.334. The summed E-state index contributed by atoms with van der Waals surface area (Å²) < 4.78 is 0. The van der Waals surface area contributed by atoms with E-state index in [1.807, 2.05) is 36.4 Å². The largest absolute Gasteiger partial charge is 0.340 e. The van der Waals surface area contributed by atoms with E-state index in [-0.39, 0.29) is 30.3 Å². The van der Waals surface area contributed by atoms with Gasteiger partial charge in [0.2, 0.25) is 5.91 Å². The number of rotatable bonds is 4. The molecule has 6 heteroatoms. The van der Waals surface area contributed by atoms with E-state index in [2.05, 4.69) is 5.32 Å². The van der Waals surface area contributed by atoms with Crippen LogP contribution in [0.3, 0.4) is 0 Å². The molecule has 0 spiro atoms. The first kappa shape index (κ1) is 19.9. The van der Waals surface area contributed by atoms with Crippen LogP contribution >= 0.6 is 12.4 Å². The van der Waals surface area contributed by atoms with Crippen LogP contribution in [0.2, 0.25) is 0 Å². The Morgan fingerprint density at radius 3 is 2.08 bits per heavy atom. The molecule has 2 aromatic carbocycles. The van der Waals surface area contributed by atoms with Crippen LogP contribution in [-0.4, -0.2) is 35.8 Å². The van der Waals surface area contributed by atoms with Crippen molar-refractivity contribution in [3.05, 3.63) is 71.8 Å². The Morgan fingerprint density at radius 1 is 0.962 bits per heavy atom. The van der Waals surface area contributed by atoms with Gasteiger partial charge in [-0.15, -0.1) is 12.4 Å². The summed E-state index contributed by atoms with van der Waals surface area (Å²) in [6.45, 7) is 1.26. The molecule has 0 aromatic heterocycles. The monoisotopic (exact) mass is 373 g/mol. The van der Waals surface area contributed by atoms with Crippen LogP contribution in [0.25, 0.3) is 0 Å². The van der Waals surface area contributed by atoms with Gasteiger partial charge in [-0.05, 0) is 30.5 Å². The van der Waals surface area contributed by atoms with Crippen molar-refractivity contribution in [2.45, 2.75) is 24.9 Å². The Morgan fingerprint density at radius 2 is 1.50 bits per heavy atom. The maximum absolute atomic E-state index is 13.0. The highest BCUT2D eigenvalue weighted by atomic mass is 35.5. The van der Waals surface area contributed by atoms with Crippen LogP contribution in [0, 0.1) is 0 Å². The second kappa shape index (κ2) is 9.36. The minimum absolute atomic E-state index is 0. The molecule has 2 amide bonds. The third kappa shape index (κ3) is 4.84. The molecule has 1 atom stereocenters. The van der Waals surface area contributed by atoms with Gasteiger partial charge in [0.1, 0.15) is 6.04 Å². The standard InChI is InChI=1S/C20H23N3O2.ClH/c21-17-11-13-23(14-12-17)20(25)18(15-7-3-1-4-8-15)22-19(24)16-9-5-2-6-10-16;/h1-10,17-18H,11-14,21H2,(H,22,24);1H. The predicted octanol–water partition coefficient (Wildman–Crippen LogP) is 2.53. The number of hydrogen-bond acceptors (Lipinski definition) is 3. The number of carbonyl (C=O) groups is 2. The van der Waals surface area contributed by atoms with E-state index < -0.39 is 6.04 Å². The topological polar surface area (TPSA) is 75.4 Å². The Bertz CT molecular complexity index is 716. The Balaban J connectivity index is 0.00000243. The summed E-state index contributed by atoms with van der Waals surface area (Å²) in [4.78, 5) is 27.4. The zero-order chi connectivity index (χ0) is 17.6. The van der Waals surface area contributed by atoms with Crippen molar-refractivity contribution in [3.8, 4) is 0 Å². The lowest BCUT2D eigenvalue weighted by atomic mass is 10.0. The molecule has 1 saturated heterocycles. The van der Waals surface area contributed by atoms with Gasteiger partial charge in [-0.3, -0.25) is 9.59 Å². The Kier molecular flexibility index (Phi) is 7.18. The minimum atomic E-state index is -0.691. The number of nitrogens with two attached hydrogens (primary N) is 1. The average molecular weight is 374 g/mol. The summed E-state index contributed by atoms with van der Waals surface area (Å²) in [5.41, 5.74) is 7.26. The van der Waals surface area contributed by atoms with Crippen LogP contribution in [-0.2, 0) is 4.79 Å².